The first-order chi connectivity index (χ1) is 13.7. The van der Waals surface area contributed by atoms with Crippen molar-refractivity contribution in [3.63, 3.8) is 0 Å². The number of H-pyrrole nitrogens is 1. The van der Waals surface area contributed by atoms with E-state index in [9.17, 15) is 4.79 Å². The van der Waals surface area contributed by atoms with Gasteiger partial charge in [-0.2, -0.15) is 0 Å². The van der Waals surface area contributed by atoms with Crippen LogP contribution in [0.2, 0.25) is 0 Å². The molecule has 0 atom stereocenters. The average molecular weight is 376 g/mol. The fraction of sp³-hybridized carbons (Fsp3) is 0.182. The van der Waals surface area contributed by atoms with Crippen molar-refractivity contribution in [2.75, 3.05) is 13.7 Å². The Balaban J connectivity index is 1.88. The van der Waals surface area contributed by atoms with Gasteiger partial charge in [0.25, 0.3) is 0 Å². The Kier molecular flexibility index (Phi) is 4.95. The van der Waals surface area contributed by atoms with Crippen LogP contribution in [-0.4, -0.2) is 29.7 Å². The Labute approximate surface area is 162 Å². The maximum Gasteiger partial charge on any atom is 0.357 e. The summed E-state index contributed by atoms with van der Waals surface area (Å²) < 4.78 is 16.5. The summed E-state index contributed by atoms with van der Waals surface area (Å²) in [6.45, 7) is 2.30. The van der Waals surface area contributed by atoms with Crippen LogP contribution in [0.5, 0.6) is 11.5 Å². The van der Waals surface area contributed by atoms with Gasteiger partial charge in [-0.3, -0.25) is 0 Å². The predicted octanol–water partition coefficient (Wildman–Crippen LogP) is 4.83. The van der Waals surface area contributed by atoms with E-state index in [-0.39, 0.29) is 18.9 Å². The molecule has 2 aromatic heterocycles. The van der Waals surface area contributed by atoms with Crippen LogP contribution >= 0.6 is 0 Å². The van der Waals surface area contributed by atoms with E-state index in [0.29, 0.717) is 11.3 Å². The Morgan fingerprint density at radius 3 is 2.64 bits per heavy atom. The smallest absolute Gasteiger partial charge is 0.357 e. The molecule has 0 unspecified atom stereocenters. The average Bonchev–Trinajstić information content (AvgIpc) is 3.07. The van der Waals surface area contributed by atoms with E-state index in [1.807, 2.05) is 48.5 Å². The highest BCUT2D eigenvalue weighted by Crippen LogP contribution is 2.34. The topological polar surface area (TPSA) is 73.4 Å². The number of esters is 1. The van der Waals surface area contributed by atoms with Crippen molar-refractivity contribution < 1.29 is 19.0 Å². The van der Waals surface area contributed by atoms with Crippen molar-refractivity contribution >= 4 is 27.8 Å². The highest BCUT2D eigenvalue weighted by molar-refractivity contribution is 6.11. The van der Waals surface area contributed by atoms with Gasteiger partial charge in [0.05, 0.1) is 24.9 Å². The molecule has 0 fully saturated rings. The monoisotopic (exact) mass is 376 g/mol. The number of para-hydroxylation sites is 1. The van der Waals surface area contributed by atoms with E-state index >= 15 is 0 Å². The Hall–Kier alpha value is -3.38. The molecule has 142 valence electrons. The number of rotatable bonds is 6. The lowest BCUT2D eigenvalue weighted by Gasteiger charge is -2.09. The third kappa shape index (κ3) is 3.30. The summed E-state index contributed by atoms with van der Waals surface area (Å²) in [6, 6.07) is 15.4. The molecule has 2 heterocycles. The molecule has 0 amide bonds. The molecule has 6 nitrogen and oxygen atoms in total. The zero-order valence-electron chi connectivity index (χ0n) is 15.7. The number of aromatic nitrogens is 2. The predicted molar refractivity (Wildman–Crippen MR) is 107 cm³/mol. The number of methoxy groups -OCH3 is 1. The lowest BCUT2D eigenvalue weighted by molar-refractivity contribution is 0.0514. The van der Waals surface area contributed by atoms with Crippen molar-refractivity contribution in [2.24, 2.45) is 0 Å². The molecule has 0 aliphatic carbocycles. The molecule has 0 saturated carbocycles. The molecule has 0 bridgehead atoms. The van der Waals surface area contributed by atoms with Gasteiger partial charge in [0.1, 0.15) is 11.5 Å². The van der Waals surface area contributed by atoms with Crippen LogP contribution in [0.3, 0.4) is 0 Å². The zero-order valence-corrected chi connectivity index (χ0v) is 15.7. The van der Waals surface area contributed by atoms with Gasteiger partial charge in [0.15, 0.2) is 5.69 Å². The van der Waals surface area contributed by atoms with E-state index < -0.39 is 5.97 Å². The van der Waals surface area contributed by atoms with Crippen LogP contribution in [0, 0.1) is 0 Å². The van der Waals surface area contributed by atoms with Gasteiger partial charge in [0, 0.05) is 29.0 Å². The lowest BCUT2D eigenvalue weighted by atomic mass is 10.1. The Morgan fingerprint density at radius 1 is 1.07 bits per heavy atom. The van der Waals surface area contributed by atoms with Crippen LogP contribution in [0.25, 0.3) is 21.8 Å². The minimum atomic E-state index is -0.456. The van der Waals surface area contributed by atoms with Crippen LogP contribution in [0.1, 0.15) is 23.0 Å². The van der Waals surface area contributed by atoms with Crippen LogP contribution in [-0.2, 0) is 16.1 Å². The first-order valence-corrected chi connectivity index (χ1v) is 9.03. The van der Waals surface area contributed by atoms with Crippen molar-refractivity contribution in [1.82, 2.24) is 9.97 Å². The molecule has 4 rings (SSSR count). The van der Waals surface area contributed by atoms with Gasteiger partial charge in [-0.15, -0.1) is 0 Å². The molecule has 1 N–H and O–H groups in total. The van der Waals surface area contributed by atoms with Gasteiger partial charge in [-0.25, -0.2) is 9.78 Å². The molecule has 0 radical (unpaired) electrons. The maximum atomic E-state index is 12.4. The number of benzene rings is 2. The van der Waals surface area contributed by atoms with Crippen LogP contribution < -0.4 is 4.74 Å². The largest absolute Gasteiger partial charge is 0.461 e. The number of aromatic amines is 1. The van der Waals surface area contributed by atoms with Gasteiger partial charge in [-0.05, 0) is 37.3 Å². The number of fused-ring (bicyclic) bond motifs is 3. The highest BCUT2D eigenvalue weighted by atomic mass is 16.5. The molecule has 0 aliphatic rings. The second-order valence-electron chi connectivity index (χ2n) is 6.28. The molecule has 6 heteroatoms. The van der Waals surface area contributed by atoms with Crippen LogP contribution in [0.15, 0.2) is 54.7 Å². The van der Waals surface area contributed by atoms with Gasteiger partial charge in [-0.1, -0.05) is 18.2 Å². The van der Waals surface area contributed by atoms with Crippen molar-refractivity contribution in [3.05, 3.63) is 66.0 Å². The third-order valence-electron chi connectivity index (χ3n) is 4.45. The van der Waals surface area contributed by atoms with Gasteiger partial charge >= 0.3 is 5.97 Å². The first-order valence-electron chi connectivity index (χ1n) is 9.03. The normalized spacial score (nSPS) is 11.1. The number of hydrogen-bond acceptors (Lipinski definition) is 5. The molecule has 0 saturated heterocycles. The van der Waals surface area contributed by atoms with E-state index in [1.54, 1.807) is 20.2 Å². The quantitative estimate of drug-likeness (QED) is 0.488. The van der Waals surface area contributed by atoms with E-state index in [0.717, 1.165) is 27.6 Å². The Morgan fingerprint density at radius 2 is 1.89 bits per heavy atom. The second kappa shape index (κ2) is 7.70. The van der Waals surface area contributed by atoms with E-state index in [1.165, 1.54) is 0 Å². The zero-order chi connectivity index (χ0) is 19.5. The van der Waals surface area contributed by atoms with Crippen molar-refractivity contribution in [2.45, 2.75) is 13.5 Å². The maximum absolute atomic E-state index is 12.4. The number of carbonyl (C=O) groups is 1. The summed E-state index contributed by atoms with van der Waals surface area (Å²) >= 11 is 0. The highest BCUT2D eigenvalue weighted by Gasteiger charge is 2.20. The summed E-state index contributed by atoms with van der Waals surface area (Å²) in [5.41, 5.74) is 2.72. The fourth-order valence-electron chi connectivity index (χ4n) is 3.29. The second-order valence-corrected chi connectivity index (χ2v) is 6.28. The van der Waals surface area contributed by atoms with Crippen molar-refractivity contribution in [1.29, 1.82) is 0 Å². The molecule has 0 aliphatic heterocycles. The number of pyridine rings is 1. The number of nitrogens with one attached hydrogen (secondary N) is 1. The Bertz CT molecular complexity index is 1140. The molecule has 2 aromatic carbocycles. The van der Waals surface area contributed by atoms with E-state index in [2.05, 4.69) is 9.97 Å². The number of hydrogen-bond donors (Lipinski definition) is 1. The van der Waals surface area contributed by atoms with E-state index in [4.69, 9.17) is 14.2 Å². The number of carbonyl (C=O) groups excluding carboxylic acids is 1. The fourth-order valence-corrected chi connectivity index (χ4v) is 3.29. The van der Waals surface area contributed by atoms with Gasteiger partial charge in [0.2, 0.25) is 0 Å². The minimum absolute atomic E-state index is 0.245. The number of nitrogens with zero attached hydrogens (tertiary/aromatic N) is 1. The SMILES string of the molecule is CCOC(=O)c1ncc2[nH]c3ccc(Oc4ccccc4)cc3c2c1COC. The minimum Gasteiger partial charge on any atom is -0.461 e. The molecule has 0 spiro atoms. The van der Waals surface area contributed by atoms with Gasteiger partial charge < -0.3 is 19.2 Å². The summed E-state index contributed by atoms with van der Waals surface area (Å²) in [5.74, 6) is 1.01. The standard InChI is InChI=1S/C22H20N2O4/c1-3-27-22(25)21-17(13-26-2)20-16-11-15(28-14-7-5-4-6-8-14)9-10-18(16)24-19(20)12-23-21/h4-12,24H,3,13H2,1-2H3. The summed E-state index contributed by atoms with van der Waals surface area (Å²) in [7, 11) is 1.59. The first kappa shape index (κ1) is 18.0. The molecular weight excluding hydrogens is 356 g/mol. The summed E-state index contributed by atoms with van der Waals surface area (Å²) in [6.07, 6.45) is 1.65. The molecular formula is C22H20N2O4. The van der Waals surface area contributed by atoms with Crippen molar-refractivity contribution in [3.8, 4) is 11.5 Å². The third-order valence-corrected chi connectivity index (χ3v) is 4.45. The summed E-state index contributed by atoms with van der Waals surface area (Å²) in [5, 5.41) is 1.82. The molecule has 28 heavy (non-hydrogen) atoms. The van der Waals surface area contributed by atoms with Crippen LogP contribution in [0.4, 0.5) is 0 Å². The molecule has 4 aromatic rings. The summed E-state index contributed by atoms with van der Waals surface area (Å²) in [4.78, 5) is 20.0. The number of ether oxygens (including phenoxy) is 3. The lowest BCUT2D eigenvalue weighted by Crippen LogP contribution is -2.11.